The summed E-state index contributed by atoms with van der Waals surface area (Å²) >= 11 is 0. The standard InChI is InChI=1S/C24H27NO2/c1-26-23-11-5-10-22-21(23)9-6-12-24(22)27-20-14-17-25(18-15-20)16-13-19-7-3-2-4-8-19/h2-12,20H,13-18H2,1H3. The number of ether oxygens (including phenoxy) is 2. The minimum absolute atomic E-state index is 0.287. The predicted octanol–water partition coefficient (Wildman–Crippen LogP) is 4.93. The molecule has 1 aliphatic heterocycles. The van der Waals surface area contributed by atoms with Crippen LogP contribution in [-0.2, 0) is 6.42 Å². The van der Waals surface area contributed by atoms with Crippen LogP contribution in [0.1, 0.15) is 18.4 Å². The molecule has 4 rings (SSSR count). The van der Waals surface area contributed by atoms with E-state index < -0.39 is 0 Å². The molecule has 0 saturated carbocycles. The van der Waals surface area contributed by atoms with Crippen molar-refractivity contribution in [1.29, 1.82) is 0 Å². The van der Waals surface area contributed by atoms with E-state index in [1.807, 2.05) is 12.1 Å². The fourth-order valence-corrected chi connectivity index (χ4v) is 3.90. The van der Waals surface area contributed by atoms with Crippen molar-refractivity contribution in [2.45, 2.75) is 25.4 Å². The van der Waals surface area contributed by atoms with Crippen LogP contribution in [0.5, 0.6) is 11.5 Å². The number of rotatable bonds is 6. The van der Waals surface area contributed by atoms with Gasteiger partial charge in [-0.15, -0.1) is 0 Å². The maximum absolute atomic E-state index is 6.40. The largest absolute Gasteiger partial charge is 0.496 e. The van der Waals surface area contributed by atoms with Gasteiger partial charge in [0.05, 0.1) is 7.11 Å². The quantitative estimate of drug-likeness (QED) is 0.621. The fourth-order valence-electron chi connectivity index (χ4n) is 3.90. The van der Waals surface area contributed by atoms with Crippen LogP contribution in [0.3, 0.4) is 0 Å². The van der Waals surface area contributed by atoms with E-state index in [0.29, 0.717) is 0 Å². The lowest BCUT2D eigenvalue weighted by Gasteiger charge is -2.32. The van der Waals surface area contributed by atoms with Crippen molar-refractivity contribution in [2.75, 3.05) is 26.7 Å². The zero-order chi connectivity index (χ0) is 18.5. The molecule has 1 saturated heterocycles. The molecule has 140 valence electrons. The van der Waals surface area contributed by atoms with Gasteiger partial charge in [0, 0.05) is 30.4 Å². The molecule has 3 nitrogen and oxygen atoms in total. The summed E-state index contributed by atoms with van der Waals surface area (Å²) in [7, 11) is 1.72. The molecule has 0 bridgehead atoms. The van der Waals surface area contributed by atoms with E-state index >= 15 is 0 Å². The van der Waals surface area contributed by atoms with Gasteiger partial charge < -0.3 is 14.4 Å². The fraction of sp³-hybridized carbons (Fsp3) is 0.333. The van der Waals surface area contributed by atoms with Gasteiger partial charge in [0.15, 0.2) is 0 Å². The van der Waals surface area contributed by atoms with Crippen LogP contribution in [0, 0.1) is 0 Å². The Bertz CT molecular complexity index is 870. The number of hydrogen-bond acceptors (Lipinski definition) is 3. The highest BCUT2D eigenvalue weighted by Gasteiger charge is 2.21. The maximum Gasteiger partial charge on any atom is 0.127 e. The highest BCUT2D eigenvalue weighted by Crippen LogP contribution is 2.33. The van der Waals surface area contributed by atoms with Crippen molar-refractivity contribution < 1.29 is 9.47 Å². The molecule has 0 N–H and O–H groups in total. The average Bonchev–Trinajstić information content (AvgIpc) is 2.74. The topological polar surface area (TPSA) is 21.7 Å². The lowest BCUT2D eigenvalue weighted by atomic mass is 10.1. The molecule has 1 fully saturated rings. The summed E-state index contributed by atoms with van der Waals surface area (Å²) in [6.45, 7) is 3.33. The van der Waals surface area contributed by atoms with E-state index in [1.165, 1.54) is 5.56 Å². The van der Waals surface area contributed by atoms with Gasteiger partial charge in [-0.25, -0.2) is 0 Å². The number of fused-ring (bicyclic) bond motifs is 1. The molecule has 0 unspecified atom stereocenters. The molecule has 27 heavy (non-hydrogen) atoms. The van der Waals surface area contributed by atoms with E-state index in [2.05, 4.69) is 59.5 Å². The monoisotopic (exact) mass is 361 g/mol. The van der Waals surface area contributed by atoms with Crippen molar-refractivity contribution in [3.8, 4) is 11.5 Å². The Kier molecular flexibility index (Phi) is 5.59. The Hall–Kier alpha value is -2.52. The second-order valence-corrected chi connectivity index (χ2v) is 7.21. The Morgan fingerprint density at radius 1 is 0.815 bits per heavy atom. The second-order valence-electron chi connectivity index (χ2n) is 7.21. The van der Waals surface area contributed by atoms with Gasteiger partial charge >= 0.3 is 0 Å². The predicted molar refractivity (Wildman–Crippen MR) is 111 cm³/mol. The van der Waals surface area contributed by atoms with Gasteiger partial charge in [-0.2, -0.15) is 0 Å². The Morgan fingerprint density at radius 2 is 1.48 bits per heavy atom. The Balaban J connectivity index is 1.35. The zero-order valence-electron chi connectivity index (χ0n) is 15.9. The van der Waals surface area contributed by atoms with Crippen LogP contribution in [0.2, 0.25) is 0 Å². The molecule has 0 spiro atoms. The highest BCUT2D eigenvalue weighted by atomic mass is 16.5. The van der Waals surface area contributed by atoms with E-state index in [1.54, 1.807) is 7.11 Å². The van der Waals surface area contributed by atoms with Gasteiger partial charge in [-0.3, -0.25) is 0 Å². The first-order chi connectivity index (χ1) is 13.3. The van der Waals surface area contributed by atoms with Gasteiger partial charge in [0.25, 0.3) is 0 Å². The van der Waals surface area contributed by atoms with Gasteiger partial charge in [-0.05, 0) is 37.0 Å². The summed E-state index contributed by atoms with van der Waals surface area (Å²) in [4.78, 5) is 2.55. The SMILES string of the molecule is COc1cccc2c(OC3CCN(CCc4ccccc4)CC3)cccc12. The summed E-state index contributed by atoms with van der Waals surface area (Å²) in [5.74, 6) is 1.86. The maximum atomic E-state index is 6.40. The molecule has 0 atom stereocenters. The van der Waals surface area contributed by atoms with Crippen LogP contribution in [-0.4, -0.2) is 37.7 Å². The van der Waals surface area contributed by atoms with Crippen LogP contribution < -0.4 is 9.47 Å². The van der Waals surface area contributed by atoms with Gasteiger partial charge in [0.2, 0.25) is 0 Å². The lowest BCUT2D eigenvalue weighted by Crippen LogP contribution is -2.39. The van der Waals surface area contributed by atoms with E-state index in [-0.39, 0.29) is 6.10 Å². The number of benzene rings is 3. The zero-order valence-corrected chi connectivity index (χ0v) is 15.9. The Morgan fingerprint density at radius 3 is 2.19 bits per heavy atom. The van der Waals surface area contributed by atoms with Crippen LogP contribution in [0.25, 0.3) is 10.8 Å². The van der Waals surface area contributed by atoms with E-state index in [9.17, 15) is 0 Å². The van der Waals surface area contributed by atoms with Crippen LogP contribution in [0.15, 0.2) is 66.7 Å². The molecular weight excluding hydrogens is 334 g/mol. The van der Waals surface area contributed by atoms with E-state index in [4.69, 9.17) is 9.47 Å². The van der Waals surface area contributed by atoms with Crippen LogP contribution in [0.4, 0.5) is 0 Å². The lowest BCUT2D eigenvalue weighted by molar-refractivity contribution is 0.102. The molecule has 0 amide bonds. The third kappa shape index (κ3) is 4.25. The summed E-state index contributed by atoms with van der Waals surface area (Å²) < 4.78 is 11.9. The summed E-state index contributed by atoms with van der Waals surface area (Å²) in [6, 6.07) is 23.1. The first-order valence-corrected chi connectivity index (χ1v) is 9.82. The smallest absolute Gasteiger partial charge is 0.127 e. The first-order valence-electron chi connectivity index (χ1n) is 9.82. The van der Waals surface area contributed by atoms with Crippen molar-refractivity contribution in [1.82, 2.24) is 4.90 Å². The number of nitrogens with zero attached hydrogens (tertiary/aromatic N) is 1. The number of likely N-dealkylation sites (tertiary alicyclic amines) is 1. The van der Waals surface area contributed by atoms with E-state index in [0.717, 1.165) is 61.2 Å². The first kappa shape index (κ1) is 17.9. The van der Waals surface area contributed by atoms with Crippen LogP contribution >= 0.6 is 0 Å². The molecule has 3 aromatic rings. The highest BCUT2D eigenvalue weighted by molar-refractivity contribution is 5.93. The average molecular weight is 361 g/mol. The van der Waals surface area contributed by atoms with Gasteiger partial charge in [-0.1, -0.05) is 54.6 Å². The summed E-state index contributed by atoms with van der Waals surface area (Å²) in [6.07, 6.45) is 3.56. The number of methoxy groups -OCH3 is 1. The molecule has 0 aromatic heterocycles. The minimum atomic E-state index is 0.287. The molecule has 3 aromatic carbocycles. The molecule has 1 aliphatic rings. The van der Waals surface area contributed by atoms with Crippen molar-refractivity contribution in [2.24, 2.45) is 0 Å². The van der Waals surface area contributed by atoms with Crippen molar-refractivity contribution in [3.63, 3.8) is 0 Å². The molecule has 0 aliphatic carbocycles. The second kappa shape index (κ2) is 8.45. The molecule has 3 heteroatoms. The Labute approximate surface area is 161 Å². The molecule has 1 heterocycles. The number of hydrogen-bond donors (Lipinski definition) is 0. The van der Waals surface area contributed by atoms with Crippen molar-refractivity contribution in [3.05, 3.63) is 72.3 Å². The summed E-state index contributed by atoms with van der Waals surface area (Å²) in [5.41, 5.74) is 1.42. The molecule has 0 radical (unpaired) electrons. The number of piperidine rings is 1. The third-order valence-corrected chi connectivity index (χ3v) is 5.45. The molecular formula is C24H27NO2. The van der Waals surface area contributed by atoms with Crippen molar-refractivity contribution >= 4 is 10.8 Å². The van der Waals surface area contributed by atoms with Gasteiger partial charge in [0.1, 0.15) is 17.6 Å². The summed E-state index contributed by atoms with van der Waals surface area (Å²) in [5, 5.41) is 2.24. The normalized spacial score (nSPS) is 15.7. The minimum Gasteiger partial charge on any atom is -0.496 e. The third-order valence-electron chi connectivity index (χ3n) is 5.45.